The van der Waals surface area contributed by atoms with Crippen LogP contribution < -0.4 is 14.8 Å². The Morgan fingerprint density at radius 1 is 1.16 bits per heavy atom. The molecule has 8 nitrogen and oxygen atoms in total. The SMILES string of the molecule is COc1cc(OC)c(NC(=O)Cn2cccc2-c2nc(-c3ccc(F)cc3)no2)cc1Cl. The van der Waals surface area contributed by atoms with Crippen LogP contribution in [0.2, 0.25) is 5.02 Å². The van der Waals surface area contributed by atoms with Crippen molar-refractivity contribution in [2.75, 3.05) is 19.5 Å². The maximum Gasteiger partial charge on any atom is 0.274 e. The fourth-order valence-electron chi connectivity index (χ4n) is 3.09. The van der Waals surface area contributed by atoms with Crippen molar-refractivity contribution >= 4 is 23.2 Å². The summed E-state index contributed by atoms with van der Waals surface area (Å²) < 4.78 is 30.6. The fraction of sp³-hybridized carbons (Fsp3) is 0.136. The molecule has 0 saturated heterocycles. The number of methoxy groups -OCH3 is 2. The lowest BCUT2D eigenvalue weighted by atomic mass is 10.2. The number of nitrogens with one attached hydrogen (secondary N) is 1. The summed E-state index contributed by atoms with van der Waals surface area (Å²) in [6.45, 7) is -0.0244. The maximum absolute atomic E-state index is 13.1. The largest absolute Gasteiger partial charge is 0.495 e. The Morgan fingerprint density at radius 2 is 1.91 bits per heavy atom. The van der Waals surface area contributed by atoms with Gasteiger partial charge in [0.05, 0.1) is 24.9 Å². The van der Waals surface area contributed by atoms with Gasteiger partial charge in [0.2, 0.25) is 11.7 Å². The van der Waals surface area contributed by atoms with E-state index in [0.29, 0.717) is 39.3 Å². The van der Waals surface area contributed by atoms with Crippen molar-refractivity contribution in [2.24, 2.45) is 0 Å². The highest BCUT2D eigenvalue weighted by Crippen LogP contribution is 2.36. The molecule has 0 fully saturated rings. The van der Waals surface area contributed by atoms with Gasteiger partial charge in [-0.25, -0.2) is 4.39 Å². The average molecular weight is 457 g/mol. The first kappa shape index (κ1) is 21.4. The van der Waals surface area contributed by atoms with E-state index in [0.717, 1.165) is 0 Å². The molecule has 1 amide bonds. The molecule has 0 unspecified atom stereocenters. The van der Waals surface area contributed by atoms with E-state index in [-0.39, 0.29) is 24.2 Å². The van der Waals surface area contributed by atoms with Gasteiger partial charge in [0.1, 0.15) is 29.6 Å². The van der Waals surface area contributed by atoms with Crippen LogP contribution in [0, 0.1) is 5.82 Å². The Kier molecular flexibility index (Phi) is 6.09. The van der Waals surface area contributed by atoms with E-state index in [1.165, 1.54) is 26.4 Å². The predicted molar refractivity (Wildman–Crippen MR) is 116 cm³/mol. The summed E-state index contributed by atoms with van der Waals surface area (Å²) in [6.07, 6.45) is 1.72. The minimum absolute atomic E-state index is 0.0244. The number of amides is 1. The lowest BCUT2D eigenvalue weighted by molar-refractivity contribution is -0.116. The Balaban J connectivity index is 1.52. The molecule has 164 valence electrons. The van der Waals surface area contributed by atoms with Crippen LogP contribution >= 0.6 is 11.6 Å². The normalized spacial score (nSPS) is 10.8. The van der Waals surface area contributed by atoms with Crippen LogP contribution in [0.15, 0.2) is 59.3 Å². The van der Waals surface area contributed by atoms with Crippen molar-refractivity contribution in [3.63, 3.8) is 0 Å². The van der Waals surface area contributed by atoms with Crippen LogP contribution in [0.3, 0.4) is 0 Å². The van der Waals surface area contributed by atoms with Gasteiger partial charge in [0.15, 0.2) is 0 Å². The van der Waals surface area contributed by atoms with Crippen molar-refractivity contribution < 1.29 is 23.2 Å². The summed E-state index contributed by atoms with van der Waals surface area (Å²) in [6, 6.07) is 12.4. The van der Waals surface area contributed by atoms with Gasteiger partial charge in [-0.1, -0.05) is 16.8 Å². The number of ether oxygens (including phenoxy) is 2. The number of benzene rings is 2. The molecule has 32 heavy (non-hydrogen) atoms. The van der Waals surface area contributed by atoms with Gasteiger partial charge in [0, 0.05) is 17.8 Å². The van der Waals surface area contributed by atoms with Crippen LogP contribution in [0.4, 0.5) is 10.1 Å². The van der Waals surface area contributed by atoms with Crippen LogP contribution in [0.5, 0.6) is 11.5 Å². The summed E-state index contributed by atoms with van der Waals surface area (Å²) in [5, 5.41) is 7.06. The highest BCUT2D eigenvalue weighted by atomic mass is 35.5. The zero-order valence-electron chi connectivity index (χ0n) is 17.1. The zero-order valence-corrected chi connectivity index (χ0v) is 17.9. The third kappa shape index (κ3) is 4.42. The molecule has 0 aliphatic carbocycles. The predicted octanol–water partition coefficient (Wildman–Crippen LogP) is 4.65. The average Bonchev–Trinajstić information content (AvgIpc) is 3.44. The molecule has 0 aliphatic heterocycles. The Bertz CT molecular complexity index is 1250. The molecule has 0 aliphatic rings. The summed E-state index contributed by atoms with van der Waals surface area (Å²) >= 11 is 6.17. The number of halogens is 2. The highest BCUT2D eigenvalue weighted by Gasteiger charge is 2.17. The van der Waals surface area contributed by atoms with Crippen molar-refractivity contribution in [1.29, 1.82) is 0 Å². The third-order valence-electron chi connectivity index (χ3n) is 4.64. The van der Waals surface area contributed by atoms with Gasteiger partial charge in [-0.15, -0.1) is 0 Å². The van der Waals surface area contributed by atoms with Gasteiger partial charge in [-0.3, -0.25) is 4.79 Å². The molecule has 0 bridgehead atoms. The van der Waals surface area contributed by atoms with Crippen LogP contribution in [-0.2, 0) is 11.3 Å². The van der Waals surface area contributed by atoms with Gasteiger partial charge in [0.25, 0.3) is 5.89 Å². The molecule has 1 N–H and O–H groups in total. The monoisotopic (exact) mass is 456 g/mol. The number of aromatic nitrogens is 3. The molecule has 0 radical (unpaired) electrons. The standard InChI is InChI=1S/C22H18ClFN4O4/c1-30-18-11-19(31-2)16(10-15(18)23)25-20(29)12-28-9-3-4-17(28)22-26-21(27-32-22)13-5-7-14(24)8-6-13/h3-11H,12H2,1-2H3,(H,25,29). The lowest BCUT2D eigenvalue weighted by Gasteiger charge is -2.13. The molecule has 4 rings (SSSR count). The molecule has 4 aromatic rings. The minimum Gasteiger partial charge on any atom is -0.495 e. The lowest BCUT2D eigenvalue weighted by Crippen LogP contribution is -2.19. The first-order valence-electron chi connectivity index (χ1n) is 9.45. The second-order valence-electron chi connectivity index (χ2n) is 6.69. The molecule has 0 saturated carbocycles. The number of hydrogen-bond acceptors (Lipinski definition) is 6. The van der Waals surface area contributed by atoms with Gasteiger partial charge in [-0.05, 0) is 42.5 Å². The first-order chi connectivity index (χ1) is 15.5. The molecule has 2 heterocycles. The van der Waals surface area contributed by atoms with Gasteiger partial charge < -0.3 is 23.9 Å². The molecule has 2 aromatic heterocycles. The number of nitrogens with zero attached hydrogens (tertiary/aromatic N) is 3. The van der Waals surface area contributed by atoms with Crippen LogP contribution in [-0.4, -0.2) is 34.8 Å². The summed E-state index contributed by atoms with van der Waals surface area (Å²) in [7, 11) is 2.97. The summed E-state index contributed by atoms with van der Waals surface area (Å²) in [5.74, 6) is 0.713. The van der Waals surface area contributed by atoms with E-state index in [2.05, 4.69) is 15.5 Å². The van der Waals surface area contributed by atoms with Gasteiger partial charge >= 0.3 is 0 Å². The maximum atomic E-state index is 13.1. The quantitative estimate of drug-likeness (QED) is 0.435. The van der Waals surface area contributed by atoms with E-state index in [4.69, 9.17) is 25.6 Å². The third-order valence-corrected chi connectivity index (χ3v) is 4.93. The van der Waals surface area contributed by atoms with E-state index in [9.17, 15) is 9.18 Å². The smallest absolute Gasteiger partial charge is 0.274 e. The molecular weight excluding hydrogens is 439 g/mol. The second-order valence-corrected chi connectivity index (χ2v) is 7.09. The molecule has 10 heteroatoms. The van der Waals surface area contributed by atoms with Gasteiger partial charge in [-0.2, -0.15) is 4.98 Å². The first-order valence-corrected chi connectivity index (χ1v) is 9.83. The molecule has 2 aromatic carbocycles. The number of hydrogen-bond donors (Lipinski definition) is 1. The van der Waals surface area contributed by atoms with Crippen LogP contribution in [0.1, 0.15) is 0 Å². The minimum atomic E-state index is -0.355. The molecule has 0 atom stereocenters. The highest BCUT2D eigenvalue weighted by molar-refractivity contribution is 6.32. The number of rotatable bonds is 7. The molecular formula is C22H18ClFN4O4. The number of carbonyl (C=O) groups excluding carboxylic acids is 1. The van der Waals surface area contributed by atoms with Crippen LogP contribution in [0.25, 0.3) is 23.0 Å². The summed E-state index contributed by atoms with van der Waals surface area (Å²) in [5.41, 5.74) is 1.58. The topological polar surface area (TPSA) is 91.4 Å². The van der Waals surface area contributed by atoms with E-state index >= 15 is 0 Å². The van der Waals surface area contributed by atoms with Crippen molar-refractivity contribution in [3.05, 3.63) is 65.6 Å². The van der Waals surface area contributed by atoms with E-state index in [1.807, 2.05) is 0 Å². The van der Waals surface area contributed by atoms with Crippen molar-refractivity contribution in [1.82, 2.24) is 14.7 Å². The van der Waals surface area contributed by atoms with Crippen molar-refractivity contribution in [2.45, 2.75) is 6.54 Å². The second kappa shape index (κ2) is 9.11. The zero-order chi connectivity index (χ0) is 22.7. The summed E-state index contributed by atoms with van der Waals surface area (Å²) in [4.78, 5) is 17.1. The van der Waals surface area contributed by atoms with Crippen molar-refractivity contribution in [3.8, 4) is 34.5 Å². The Morgan fingerprint density at radius 3 is 2.62 bits per heavy atom. The Labute approximate surface area is 187 Å². The van der Waals surface area contributed by atoms with E-state index < -0.39 is 0 Å². The number of carbonyl (C=O) groups is 1. The number of anilines is 1. The Hall–Kier alpha value is -3.85. The molecule has 0 spiro atoms. The van der Waals surface area contributed by atoms with E-state index in [1.54, 1.807) is 47.2 Å². The fourth-order valence-corrected chi connectivity index (χ4v) is 3.33.